The van der Waals surface area contributed by atoms with E-state index in [2.05, 4.69) is 5.10 Å². The van der Waals surface area contributed by atoms with E-state index in [1.165, 1.54) is 0 Å². The van der Waals surface area contributed by atoms with Crippen molar-refractivity contribution in [1.82, 2.24) is 9.78 Å². The minimum atomic E-state index is -0.894. The monoisotopic (exact) mass is 295 g/mol. The summed E-state index contributed by atoms with van der Waals surface area (Å²) in [6.07, 6.45) is 3.79. The van der Waals surface area contributed by atoms with E-state index in [4.69, 9.17) is 26.8 Å². The zero-order valence-electron chi connectivity index (χ0n) is 10.7. The van der Waals surface area contributed by atoms with Gasteiger partial charge in [-0.05, 0) is 31.4 Å². The summed E-state index contributed by atoms with van der Waals surface area (Å²) in [6, 6.07) is 3.40. The normalized spacial score (nSPS) is 19.1. The SMILES string of the molecule is NC(=O)Oc1ccc2c(cnn2C2CCCCO2)c1Cl. The van der Waals surface area contributed by atoms with Crippen LogP contribution in [0.4, 0.5) is 4.79 Å². The molecule has 7 heteroatoms. The van der Waals surface area contributed by atoms with Crippen LogP contribution in [-0.2, 0) is 4.74 Å². The van der Waals surface area contributed by atoms with Crippen molar-refractivity contribution in [3.05, 3.63) is 23.4 Å². The lowest BCUT2D eigenvalue weighted by Gasteiger charge is -2.23. The van der Waals surface area contributed by atoms with Gasteiger partial charge in [0.05, 0.1) is 16.7 Å². The fraction of sp³-hybridized carbons (Fsp3) is 0.385. The molecule has 1 unspecified atom stereocenters. The molecule has 2 aromatic rings. The molecule has 2 heterocycles. The zero-order chi connectivity index (χ0) is 14.1. The number of hydrogen-bond acceptors (Lipinski definition) is 4. The van der Waals surface area contributed by atoms with Gasteiger partial charge in [0, 0.05) is 12.0 Å². The fourth-order valence-corrected chi connectivity index (χ4v) is 2.65. The minimum absolute atomic E-state index is 0.0692. The Morgan fingerprint density at radius 2 is 2.35 bits per heavy atom. The number of primary amides is 1. The van der Waals surface area contributed by atoms with Crippen LogP contribution < -0.4 is 10.5 Å². The van der Waals surface area contributed by atoms with Crippen LogP contribution in [0.15, 0.2) is 18.3 Å². The molecule has 1 aromatic heterocycles. The maximum absolute atomic E-state index is 10.8. The molecule has 1 aliphatic heterocycles. The average molecular weight is 296 g/mol. The van der Waals surface area contributed by atoms with Crippen LogP contribution in [0.25, 0.3) is 10.9 Å². The molecular weight excluding hydrogens is 282 g/mol. The van der Waals surface area contributed by atoms with Crippen molar-refractivity contribution < 1.29 is 14.3 Å². The van der Waals surface area contributed by atoms with Gasteiger partial charge in [-0.2, -0.15) is 5.10 Å². The maximum atomic E-state index is 10.8. The standard InChI is InChI=1S/C13H14ClN3O3/c14-12-8-7-16-17(11-3-1-2-6-19-11)9(8)4-5-10(12)20-13(15)18/h4-5,7,11H,1-3,6H2,(H2,15,18). The van der Waals surface area contributed by atoms with Crippen LogP contribution in [-0.4, -0.2) is 22.5 Å². The van der Waals surface area contributed by atoms with Gasteiger partial charge in [-0.15, -0.1) is 0 Å². The number of halogens is 1. The Labute approximate surface area is 120 Å². The summed E-state index contributed by atoms with van der Waals surface area (Å²) in [4.78, 5) is 10.8. The zero-order valence-corrected chi connectivity index (χ0v) is 11.5. The lowest BCUT2D eigenvalue weighted by molar-refractivity contribution is -0.0366. The number of rotatable bonds is 2. The van der Waals surface area contributed by atoms with Crippen molar-refractivity contribution in [2.75, 3.05) is 6.61 Å². The highest BCUT2D eigenvalue weighted by molar-refractivity contribution is 6.37. The molecule has 0 saturated carbocycles. The van der Waals surface area contributed by atoms with E-state index in [0.29, 0.717) is 10.4 Å². The highest BCUT2D eigenvalue weighted by Crippen LogP contribution is 2.35. The second kappa shape index (κ2) is 5.30. The van der Waals surface area contributed by atoms with Crippen molar-refractivity contribution in [3.8, 4) is 5.75 Å². The van der Waals surface area contributed by atoms with Crippen LogP contribution >= 0.6 is 11.6 Å². The molecule has 1 fully saturated rings. The number of aromatic nitrogens is 2. The second-order valence-electron chi connectivity index (χ2n) is 4.64. The molecule has 20 heavy (non-hydrogen) atoms. The van der Waals surface area contributed by atoms with Crippen molar-refractivity contribution >= 4 is 28.6 Å². The predicted molar refractivity (Wildman–Crippen MR) is 73.8 cm³/mol. The van der Waals surface area contributed by atoms with E-state index in [9.17, 15) is 4.79 Å². The first-order chi connectivity index (χ1) is 9.66. The maximum Gasteiger partial charge on any atom is 0.410 e. The molecule has 0 aliphatic carbocycles. The number of fused-ring (bicyclic) bond motifs is 1. The molecule has 1 amide bonds. The first-order valence-electron chi connectivity index (χ1n) is 6.41. The second-order valence-corrected chi connectivity index (χ2v) is 5.02. The number of hydrogen-bond donors (Lipinski definition) is 1. The van der Waals surface area contributed by atoms with Crippen molar-refractivity contribution in [2.45, 2.75) is 25.5 Å². The Morgan fingerprint density at radius 1 is 1.50 bits per heavy atom. The molecule has 6 nitrogen and oxygen atoms in total. The van der Waals surface area contributed by atoms with E-state index >= 15 is 0 Å². The minimum Gasteiger partial charge on any atom is -0.409 e. The van der Waals surface area contributed by atoms with Crippen LogP contribution in [0.3, 0.4) is 0 Å². The molecule has 0 spiro atoms. The van der Waals surface area contributed by atoms with Gasteiger partial charge in [0.2, 0.25) is 0 Å². The summed E-state index contributed by atoms with van der Waals surface area (Å²) < 4.78 is 12.4. The average Bonchev–Trinajstić information content (AvgIpc) is 2.87. The van der Waals surface area contributed by atoms with E-state index in [1.54, 1.807) is 18.3 Å². The molecule has 1 aromatic carbocycles. The molecule has 0 radical (unpaired) electrons. The van der Waals surface area contributed by atoms with E-state index in [0.717, 1.165) is 31.4 Å². The lowest BCUT2D eigenvalue weighted by Crippen LogP contribution is -2.19. The summed E-state index contributed by atoms with van der Waals surface area (Å²) >= 11 is 6.21. The molecule has 3 rings (SSSR count). The number of carbonyl (C=O) groups excluding carboxylic acids is 1. The van der Waals surface area contributed by atoms with Gasteiger partial charge < -0.3 is 15.2 Å². The highest BCUT2D eigenvalue weighted by Gasteiger charge is 2.20. The van der Waals surface area contributed by atoms with Gasteiger partial charge in [0.1, 0.15) is 0 Å². The summed E-state index contributed by atoms with van der Waals surface area (Å²) in [5, 5.41) is 5.37. The third-order valence-electron chi connectivity index (χ3n) is 3.32. The number of ether oxygens (including phenoxy) is 2. The quantitative estimate of drug-likeness (QED) is 0.924. The van der Waals surface area contributed by atoms with Crippen LogP contribution in [0.2, 0.25) is 5.02 Å². The molecule has 1 atom stereocenters. The third-order valence-corrected chi connectivity index (χ3v) is 3.71. The van der Waals surface area contributed by atoms with Gasteiger partial charge >= 0.3 is 6.09 Å². The number of nitrogens with zero attached hydrogens (tertiary/aromatic N) is 2. The molecule has 1 saturated heterocycles. The van der Waals surface area contributed by atoms with E-state index in [1.807, 2.05) is 4.68 Å². The topological polar surface area (TPSA) is 79.4 Å². The Hall–Kier alpha value is -1.79. The number of benzene rings is 1. The third kappa shape index (κ3) is 2.32. The van der Waals surface area contributed by atoms with Gasteiger partial charge in [-0.3, -0.25) is 0 Å². The van der Waals surface area contributed by atoms with Crippen molar-refractivity contribution in [2.24, 2.45) is 5.73 Å². The van der Waals surface area contributed by atoms with Crippen LogP contribution in [0.1, 0.15) is 25.5 Å². The predicted octanol–water partition coefficient (Wildman–Crippen LogP) is 2.85. The Morgan fingerprint density at radius 3 is 3.05 bits per heavy atom. The Balaban J connectivity index is 2.01. The molecule has 0 bridgehead atoms. The number of carbonyl (C=O) groups is 1. The Bertz CT molecular complexity index is 650. The summed E-state index contributed by atoms with van der Waals surface area (Å²) in [5.41, 5.74) is 5.84. The van der Waals surface area contributed by atoms with E-state index in [-0.39, 0.29) is 12.0 Å². The van der Waals surface area contributed by atoms with Crippen LogP contribution in [0, 0.1) is 0 Å². The molecule has 1 aliphatic rings. The lowest BCUT2D eigenvalue weighted by atomic mass is 10.2. The summed E-state index contributed by atoms with van der Waals surface area (Å²) in [5.74, 6) is 0.232. The first kappa shape index (κ1) is 13.2. The Kier molecular flexibility index (Phi) is 3.50. The molecule has 2 N–H and O–H groups in total. The summed E-state index contributed by atoms with van der Waals surface area (Å²) in [6.45, 7) is 0.739. The van der Waals surface area contributed by atoms with Gasteiger partial charge in [-0.1, -0.05) is 11.6 Å². The fourth-order valence-electron chi connectivity index (χ4n) is 2.40. The van der Waals surface area contributed by atoms with Gasteiger partial charge in [-0.25, -0.2) is 9.48 Å². The van der Waals surface area contributed by atoms with Gasteiger partial charge in [0.25, 0.3) is 0 Å². The highest BCUT2D eigenvalue weighted by atomic mass is 35.5. The van der Waals surface area contributed by atoms with Crippen molar-refractivity contribution in [3.63, 3.8) is 0 Å². The number of nitrogens with two attached hydrogens (primary N) is 1. The van der Waals surface area contributed by atoms with E-state index < -0.39 is 6.09 Å². The first-order valence-corrected chi connectivity index (χ1v) is 6.79. The largest absolute Gasteiger partial charge is 0.410 e. The van der Waals surface area contributed by atoms with Gasteiger partial charge in [0.15, 0.2) is 12.0 Å². The van der Waals surface area contributed by atoms with Crippen LogP contribution in [0.5, 0.6) is 5.75 Å². The number of amides is 1. The molecular formula is C13H14ClN3O3. The summed E-state index contributed by atoms with van der Waals surface area (Å²) in [7, 11) is 0. The smallest absolute Gasteiger partial charge is 0.409 e. The van der Waals surface area contributed by atoms with Crippen molar-refractivity contribution in [1.29, 1.82) is 0 Å². The molecule has 106 valence electrons.